The van der Waals surface area contributed by atoms with Gasteiger partial charge in [0, 0.05) is 24.8 Å². The molecule has 164 valence electrons. The Kier molecular flexibility index (Phi) is 26.6. The standard InChI is InChI=1S/C20H42Cl2NO3P.Na/c1-2-3-4-5-6-7-8-9-10-11-12-13-14-15-20-26-27(24,25)23(18-16-21)19-17-22;/h2-20H2,1H3,(H,24,25);/q;+1/p-1. The molecule has 0 spiro atoms. The minimum Gasteiger partial charge on any atom is -0.766 e. The van der Waals surface area contributed by atoms with E-state index in [0.717, 1.165) is 19.3 Å². The first-order valence-electron chi connectivity index (χ1n) is 10.9. The predicted molar refractivity (Wildman–Crippen MR) is 117 cm³/mol. The van der Waals surface area contributed by atoms with Crippen molar-refractivity contribution in [3.05, 3.63) is 0 Å². The van der Waals surface area contributed by atoms with Crippen LogP contribution in [-0.2, 0) is 9.09 Å². The smallest absolute Gasteiger partial charge is 0.766 e. The second-order valence-electron chi connectivity index (χ2n) is 7.23. The predicted octanol–water partition coefficient (Wildman–Crippen LogP) is 3.74. The first-order chi connectivity index (χ1) is 13.1. The van der Waals surface area contributed by atoms with Gasteiger partial charge in [0.25, 0.3) is 0 Å². The van der Waals surface area contributed by atoms with Gasteiger partial charge in [0.05, 0.1) is 6.61 Å². The van der Waals surface area contributed by atoms with Gasteiger partial charge in [-0.15, -0.1) is 23.2 Å². The molecule has 0 aliphatic carbocycles. The van der Waals surface area contributed by atoms with Gasteiger partial charge in [-0.1, -0.05) is 90.4 Å². The van der Waals surface area contributed by atoms with Gasteiger partial charge in [-0.2, -0.15) is 0 Å². The van der Waals surface area contributed by atoms with Crippen LogP contribution >= 0.6 is 30.9 Å². The zero-order valence-corrected chi connectivity index (χ0v) is 22.7. The van der Waals surface area contributed by atoms with E-state index in [0.29, 0.717) is 0 Å². The van der Waals surface area contributed by atoms with Crippen molar-refractivity contribution in [3.63, 3.8) is 0 Å². The van der Waals surface area contributed by atoms with E-state index in [-0.39, 0.29) is 61.0 Å². The molecule has 0 aliphatic heterocycles. The number of halogens is 2. The Morgan fingerprint density at radius 3 is 1.46 bits per heavy atom. The fourth-order valence-electron chi connectivity index (χ4n) is 3.11. The van der Waals surface area contributed by atoms with Crippen LogP contribution < -0.4 is 34.5 Å². The number of rotatable bonds is 21. The van der Waals surface area contributed by atoms with Crippen molar-refractivity contribution < 1.29 is 43.5 Å². The molecular weight excluding hydrogens is 427 g/mol. The monoisotopic (exact) mass is 467 g/mol. The van der Waals surface area contributed by atoms with Crippen LogP contribution in [0.5, 0.6) is 0 Å². The summed E-state index contributed by atoms with van der Waals surface area (Å²) < 4.78 is 18.4. The molecule has 0 aromatic rings. The van der Waals surface area contributed by atoms with Gasteiger partial charge < -0.3 is 9.42 Å². The first-order valence-corrected chi connectivity index (χ1v) is 13.5. The second-order valence-corrected chi connectivity index (χ2v) is 9.75. The zero-order valence-electron chi connectivity index (χ0n) is 18.3. The molecule has 0 rings (SSSR count). The van der Waals surface area contributed by atoms with E-state index in [1.165, 1.54) is 75.3 Å². The number of unbranched alkanes of at least 4 members (excludes halogenated alkanes) is 13. The van der Waals surface area contributed by atoms with E-state index in [1.54, 1.807) is 0 Å². The van der Waals surface area contributed by atoms with Gasteiger partial charge in [-0.3, -0.25) is 4.57 Å². The van der Waals surface area contributed by atoms with Crippen molar-refractivity contribution in [3.8, 4) is 0 Å². The molecule has 1 atom stereocenters. The van der Waals surface area contributed by atoms with Crippen LogP contribution in [-0.4, -0.2) is 36.1 Å². The largest absolute Gasteiger partial charge is 1.00 e. The van der Waals surface area contributed by atoms with Gasteiger partial charge in [0.15, 0.2) is 0 Å². The molecule has 0 amide bonds. The third kappa shape index (κ3) is 19.6. The summed E-state index contributed by atoms with van der Waals surface area (Å²) in [6.07, 6.45) is 17.8. The summed E-state index contributed by atoms with van der Waals surface area (Å²) in [5, 5.41) is 0. The summed E-state index contributed by atoms with van der Waals surface area (Å²) in [5.74, 6) is 0.483. The van der Waals surface area contributed by atoms with Crippen LogP contribution in [0, 0.1) is 0 Å². The van der Waals surface area contributed by atoms with Crippen molar-refractivity contribution >= 4 is 30.9 Å². The van der Waals surface area contributed by atoms with Crippen LogP contribution in [0.1, 0.15) is 96.8 Å². The van der Waals surface area contributed by atoms with Crippen molar-refractivity contribution in [2.75, 3.05) is 31.5 Å². The SMILES string of the molecule is CCCCCCCCCCCCCCCCOP(=O)([O-])N(CCCl)CCCl.[Na+]. The summed E-state index contributed by atoms with van der Waals surface area (Å²) in [5.41, 5.74) is 0. The van der Waals surface area contributed by atoms with Gasteiger partial charge >= 0.3 is 29.6 Å². The molecule has 0 radical (unpaired) electrons. The van der Waals surface area contributed by atoms with E-state index in [1.807, 2.05) is 0 Å². The molecule has 0 aromatic heterocycles. The van der Waals surface area contributed by atoms with Crippen molar-refractivity contribution in [1.82, 2.24) is 4.67 Å². The average molecular weight is 468 g/mol. The van der Waals surface area contributed by atoms with E-state index in [4.69, 9.17) is 27.7 Å². The summed E-state index contributed by atoms with van der Waals surface area (Å²) in [4.78, 5) is 12.1. The minimum atomic E-state index is -4.01. The zero-order chi connectivity index (χ0) is 20.2. The van der Waals surface area contributed by atoms with E-state index in [2.05, 4.69) is 6.92 Å². The molecule has 0 aliphatic rings. The Morgan fingerprint density at radius 2 is 1.11 bits per heavy atom. The van der Waals surface area contributed by atoms with E-state index >= 15 is 0 Å². The molecule has 0 saturated carbocycles. The quantitative estimate of drug-likeness (QED) is 0.112. The van der Waals surface area contributed by atoms with Crippen LogP contribution in [0.15, 0.2) is 0 Å². The third-order valence-electron chi connectivity index (χ3n) is 4.78. The minimum absolute atomic E-state index is 0. The van der Waals surface area contributed by atoms with Gasteiger partial charge in [-0.25, -0.2) is 4.67 Å². The molecule has 0 heterocycles. The molecule has 0 N–H and O–H groups in total. The summed E-state index contributed by atoms with van der Waals surface area (Å²) >= 11 is 11.3. The molecule has 8 heteroatoms. The Balaban J connectivity index is 0. The maximum absolute atomic E-state index is 12.1. The summed E-state index contributed by atoms with van der Waals surface area (Å²) in [7, 11) is -4.01. The number of alkyl halides is 2. The molecular formula is C20H41Cl2NNaO3P. The molecule has 0 aromatic carbocycles. The summed E-state index contributed by atoms with van der Waals surface area (Å²) in [6.45, 7) is 3.00. The van der Waals surface area contributed by atoms with Crippen molar-refractivity contribution in [2.45, 2.75) is 96.8 Å². The summed E-state index contributed by atoms with van der Waals surface area (Å²) in [6, 6.07) is 0. The van der Waals surface area contributed by atoms with E-state index in [9.17, 15) is 9.46 Å². The van der Waals surface area contributed by atoms with Crippen LogP contribution in [0.4, 0.5) is 0 Å². The second kappa shape index (κ2) is 23.4. The number of hydrogen-bond donors (Lipinski definition) is 0. The van der Waals surface area contributed by atoms with E-state index < -0.39 is 7.75 Å². The third-order valence-corrected chi connectivity index (χ3v) is 6.72. The average Bonchev–Trinajstić information content (AvgIpc) is 2.64. The van der Waals surface area contributed by atoms with Crippen LogP contribution in [0.3, 0.4) is 0 Å². The Bertz CT molecular complexity index is 362. The molecule has 4 nitrogen and oxygen atoms in total. The number of nitrogens with zero attached hydrogens (tertiary/aromatic N) is 1. The Hall–Kier alpha value is 1.69. The van der Waals surface area contributed by atoms with Crippen molar-refractivity contribution in [1.29, 1.82) is 0 Å². The Morgan fingerprint density at radius 1 is 0.750 bits per heavy atom. The maximum atomic E-state index is 12.1. The molecule has 1 unspecified atom stereocenters. The molecule has 0 fully saturated rings. The van der Waals surface area contributed by atoms with Gasteiger partial charge in [0.1, 0.15) is 0 Å². The molecule has 0 saturated heterocycles. The van der Waals surface area contributed by atoms with Crippen molar-refractivity contribution in [2.24, 2.45) is 0 Å². The van der Waals surface area contributed by atoms with Gasteiger partial charge in [0.2, 0.25) is 7.75 Å². The maximum Gasteiger partial charge on any atom is 1.00 e. The van der Waals surface area contributed by atoms with Gasteiger partial charge in [-0.05, 0) is 6.42 Å². The molecule has 0 bridgehead atoms. The topological polar surface area (TPSA) is 52.6 Å². The normalized spacial score (nSPS) is 13.5. The Labute approximate surface area is 206 Å². The van der Waals surface area contributed by atoms with Crippen LogP contribution in [0.2, 0.25) is 0 Å². The van der Waals surface area contributed by atoms with Crippen LogP contribution in [0.25, 0.3) is 0 Å². The molecule has 28 heavy (non-hydrogen) atoms. The fraction of sp³-hybridized carbons (Fsp3) is 1.00. The number of hydrogen-bond acceptors (Lipinski definition) is 3. The first kappa shape index (κ1) is 31.9. The fourth-order valence-corrected chi connectivity index (χ4v) is 4.97.